The quantitative estimate of drug-likeness (QED) is 0.436. The van der Waals surface area contributed by atoms with Crippen LogP contribution in [0, 0.1) is 0 Å². The fourth-order valence-electron chi connectivity index (χ4n) is 1.33. The highest BCUT2D eigenvalue weighted by molar-refractivity contribution is 6.35. The van der Waals surface area contributed by atoms with E-state index < -0.39 is 0 Å². The highest BCUT2D eigenvalue weighted by Crippen LogP contribution is 2.21. The van der Waals surface area contributed by atoms with E-state index in [1.165, 1.54) is 6.20 Å². The number of para-hydroxylation sites is 1. The van der Waals surface area contributed by atoms with Gasteiger partial charge in [0.25, 0.3) is 5.91 Å². The summed E-state index contributed by atoms with van der Waals surface area (Å²) in [5, 5.41) is 1.37. The zero-order valence-corrected chi connectivity index (χ0v) is 8.45. The van der Waals surface area contributed by atoms with Crippen molar-refractivity contribution in [3.8, 4) is 0 Å². The molecule has 15 heavy (non-hydrogen) atoms. The molecule has 0 fully saturated rings. The zero-order chi connectivity index (χ0) is 10.8. The molecule has 0 saturated carbocycles. The van der Waals surface area contributed by atoms with Crippen LogP contribution in [0.3, 0.4) is 0 Å². The third kappa shape index (κ3) is 1.77. The molecule has 2 rings (SSSR count). The summed E-state index contributed by atoms with van der Waals surface area (Å²) < 4.78 is 0. The number of carbonyl (C=O) groups is 1. The van der Waals surface area contributed by atoms with Gasteiger partial charge in [0.2, 0.25) is 0 Å². The van der Waals surface area contributed by atoms with Gasteiger partial charge >= 0.3 is 0 Å². The number of nitrogens with one attached hydrogen (secondary N) is 1. The third-order valence-electron chi connectivity index (χ3n) is 2.06. The van der Waals surface area contributed by atoms with E-state index in [0.29, 0.717) is 16.1 Å². The van der Waals surface area contributed by atoms with E-state index in [-0.39, 0.29) is 5.91 Å². The fourth-order valence-corrected chi connectivity index (χ4v) is 1.56. The van der Waals surface area contributed by atoms with Gasteiger partial charge in [0.1, 0.15) is 0 Å². The summed E-state index contributed by atoms with van der Waals surface area (Å²) in [5.41, 5.74) is 3.13. The van der Waals surface area contributed by atoms with Gasteiger partial charge in [0.15, 0.2) is 0 Å². The molecule has 4 nitrogen and oxygen atoms in total. The Labute approximate surface area is 91.0 Å². The maximum absolute atomic E-state index is 11.2. The van der Waals surface area contributed by atoms with Crippen molar-refractivity contribution in [3.05, 3.63) is 41.0 Å². The van der Waals surface area contributed by atoms with Gasteiger partial charge in [0.05, 0.1) is 16.1 Å². The topological polar surface area (TPSA) is 68.0 Å². The lowest BCUT2D eigenvalue weighted by molar-refractivity contribution is 0.0953. The maximum Gasteiger partial charge on any atom is 0.266 e. The van der Waals surface area contributed by atoms with Crippen LogP contribution in [-0.2, 0) is 0 Å². The molecular formula is C10H8ClN3O. The van der Waals surface area contributed by atoms with Gasteiger partial charge in [-0.05, 0) is 12.1 Å². The van der Waals surface area contributed by atoms with Crippen LogP contribution < -0.4 is 11.3 Å². The molecule has 76 valence electrons. The normalized spacial score (nSPS) is 10.3. The van der Waals surface area contributed by atoms with E-state index in [0.717, 1.165) is 5.39 Å². The Kier molecular flexibility index (Phi) is 2.53. The van der Waals surface area contributed by atoms with Crippen molar-refractivity contribution in [2.45, 2.75) is 0 Å². The van der Waals surface area contributed by atoms with Gasteiger partial charge in [-0.3, -0.25) is 15.2 Å². The molecule has 1 amide bonds. The predicted molar refractivity (Wildman–Crippen MR) is 58.4 cm³/mol. The second-order valence-electron chi connectivity index (χ2n) is 3.01. The molecule has 0 saturated heterocycles. The van der Waals surface area contributed by atoms with Crippen molar-refractivity contribution in [3.63, 3.8) is 0 Å². The molecule has 0 unspecified atom stereocenters. The van der Waals surface area contributed by atoms with Gasteiger partial charge in [-0.25, -0.2) is 5.84 Å². The van der Waals surface area contributed by atoms with E-state index >= 15 is 0 Å². The lowest BCUT2D eigenvalue weighted by Gasteiger charge is -2.02. The number of hydrogen-bond acceptors (Lipinski definition) is 3. The maximum atomic E-state index is 11.2. The van der Waals surface area contributed by atoms with Crippen molar-refractivity contribution in [1.82, 2.24) is 10.4 Å². The molecule has 3 N–H and O–H groups in total. The fraction of sp³-hybridized carbons (Fsp3) is 0. The molecule has 1 aromatic carbocycles. The van der Waals surface area contributed by atoms with Gasteiger partial charge in [-0.1, -0.05) is 23.7 Å². The molecular weight excluding hydrogens is 214 g/mol. The number of pyridine rings is 1. The van der Waals surface area contributed by atoms with Crippen molar-refractivity contribution in [2.75, 3.05) is 0 Å². The standard InChI is InChI=1S/C10H8ClN3O/c11-8-3-1-2-6-4-7(10(15)14-12)5-13-9(6)8/h1-5H,12H2,(H,14,15). The highest BCUT2D eigenvalue weighted by Gasteiger charge is 2.06. The van der Waals surface area contributed by atoms with Gasteiger partial charge in [-0.15, -0.1) is 0 Å². The summed E-state index contributed by atoms with van der Waals surface area (Å²) in [5.74, 6) is 4.65. The van der Waals surface area contributed by atoms with Crippen LogP contribution in [0.5, 0.6) is 0 Å². The number of aromatic nitrogens is 1. The van der Waals surface area contributed by atoms with E-state index in [9.17, 15) is 4.79 Å². The average molecular weight is 222 g/mol. The molecule has 0 atom stereocenters. The van der Waals surface area contributed by atoms with E-state index in [4.69, 9.17) is 17.4 Å². The third-order valence-corrected chi connectivity index (χ3v) is 2.36. The van der Waals surface area contributed by atoms with Crippen LogP contribution in [0.4, 0.5) is 0 Å². The Morgan fingerprint density at radius 3 is 3.00 bits per heavy atom. The number of rotatable bonds is 1. The minimum atomic E-state index is -0.371. The summed E-state index contributed by atoms with van der Waals surface area (Å²) in [6.45, 7) is 0. The van der Waals surface area contributed by atoms with Crippen LogP contribution in [0.1, 0.15) is 10.4 Å². The van der Waals surface area contributed by atoms with Crippen molar-refractivity contribution in [2.24, 2.45) is 5.84 Å². The molecule has 2 aromatic rings. The molecule has 0 bridgehead atoms. The molecule has 1 aromatic heterocycles. The smallest absolute Gasteiger partial charge is 0.266 e. The summed E-state index contributed by atoms with van der Waals surface area (Å²) >= 11 is 5.94. The second-order valence-corrected chi connectivity index (χ2v) is 3.42. The average Bonchev–Trinajstić information content (AvgIpc) is 2.28. The zero-order valence-electron chi connectivity index (χ0n) is 7.70. The number of hydrazine groups is 1. The number of benzene rings is 1. The molecule has 0 aliphatic rings. The molecule has 1 heterocycles. The van der Waals surface area contributed by atoms with Crippen molar-refractivity contribution < 1.29 is 4.79 Å². The van der Waals surface area contributed by atoms with Gasteiger partial charge < -0.3 is 0 Å². The molecule has 0 spiro atoms. The summed E-state index contributed by atoms with van der Waals surface area (Å²) in [6.07, 6.45) is 1.44. The number of hydrogen-bond donors (Lipinski definition) is 2. The summed E-state index contributed by atoms with van der Waals surface area (Å²) in [6, 6.07) is 7.08. The summed E-state index contributed by atoms with van der Waals surface area (Å²) in [7, 11) is 0. The molecule has 0 aliphatic carbocycles. The van der Waals surface area contributed by atoms with Crippen LogP contribution in [-0.4, -0.2) is 10.9 Å². The first-order valence-corrected chi connectivity index (χ1v) is 4.65. The molecule has 0 aliphatic heterocycles. The lowest BCUT2D eigenvalue weighted by atomic mass is 10.1. The highest BCUT2D eigenvalue weighted by atomic mass is 35.5. The summed E-state index contributed by atoms with van der Waals surface area (Å²) in [4.78, 5) is 15.3. The largest absolute Gasteiger partial charge is 0.290 e. The van der Waals surface area contributed by atoms with Crippen LogP contribution in [0.2, 0.25) is 5.02 Å². The number of nitrogen functional groups attached to an aromatic ring is 1. The monoisotopic (exact) mass is 221 g/mol. The second kappa shape index (κ2) is 3.84. The minimum absolute atomic E-state index is 0.371. The van der Waals surface area contributed by atoms with E-state index in [2.05, 4.69) is 4.98 Å². The first kappa shape index (κ1) is 9.89. The van der Waals surface area contributed by atoms with Crippen molar-refractivity contribution >= 4 is 28.4 Å². The number of nitrogens with zero attached hydrogens (tertiary/aromatic N) is 1. The molecule has 5 heteroatoms. The SMILES string of the molecule is NNC(=O)c1cnc2c(Cl)cccc2c1. The number of nitrogens with two attached hydrogens (primary N) is 1. The first-order chi connectivity index (χ1) is 7.22. The Hall–Kier alpha value is -1.65. The van der Waals surface area contributed by atoms with Crippen LogP contribution >= 0.6 is 11.6 Å². The van der Waals surface area contributed by atoms with Gasteiger partial charge in [-0.2, -0.15) is 0 Å². The van der Waals surface area contributed by atoms with Crippen LogP contribution in [0.15, 0.2) is 30.5 Å². The van der Waals surface area contributed by atoms with E-state index in [1.54, 1.807) is 18.2 Å². The lowest BCUT2D eigenvalue weighted by Crippen LogP contribution is -2.30. The Morgan fingerprint density at radius 2 is 2.27 bits per heavy atom. The van der Waals surface area contributed by atoms with Crippen molar-refractivity contribution in [1.29, 1.82) is 0 Å². The molecule has 0 radical (unpaired) electrons. The Balaban J connectivity index is 2.62. The number of carbonyl (C=O) groups excluding carboxylic acids is 1. The van der Waals surface area contributed by atoms with Crippen LogP contribution in [0.25, 0.3) is 10.9 Å². The Morgan fingerprint density at radius 1 is 1.47 bits per heavy atom. The Bertz CT molecular complexity index is 527. The first-order valence-electron chi connectivity index (χ1n) is 4.27. The number of fused-ring (bicyclic) bond motifs is 1. The minimum Gasteiger partial charge on any atom is -0.290 e. The van der Waals surface area contributed by atoms with E-state index in [1.807, 2.05) is 11.5 Å². The van der Waals surface area contributed by atoms with Gasteiger partial charge in [0, 0.05) is 11.6 Å². The number of halogens is 1. The number of amides is 1. The predicted octanol–water partition coefficient (Wildman–Crippen LogP) is 1.49.